The fraction of sp³-hybridized carbons (Fsp3) is 0.231. The molecule has 6 heteroatoms. The van der Waals surface area contributed by atoms with Gasteiger partial charge in [-0.3, -0.25) is 0 Å². The lowest BCUT2D eigenvalue weighted by Gasteiger charge is -2.04. The van der Waals surface area contributed by atoms with Crippen LogP contribution in [0.5, 0.6) is 0 Å². The van der Waals surface area contributed by atoms with Crippen molar-refractivity contribution in [2.45, 2.75) is 19.9 Å². The van der Waals surface area contributed by atoms with Crippen LogP contribution in [-0.4, -0.2) is 14.5 Å². The summed E-state index contributed by atoms with van der Waals surface area (Å²) in [4.78, 5) is 8.78. The first-order valence-corrected chi connectivity index (χ1v) is 7.22. The van der Waals surface area contributed by atoms with Crippen LogP contribution < -0.4 is 5.73 Å². The van der Waals surface area contributed by atoms with E-state index in [9.17, 15) is 0 Å². The number of hydrogen-bond acceptors (Lipinski definition) is 4. The van der Waals surface area contributed by atoms with E-state index in [4.69, 9.17) is 17.3 Å². The van der Waals surface area contributed by atoms with Crippen molar-refractivity contribution in [1.82, 2.24) is 14.5 Å². The molecule has 0 saturated carbocycles. The van der Waals surface area contributed by atoms with Gasteiger partial charge in [0.15, 0.2) is 0 Å². The second-order valence-electron chi connectivity index (χ2n) is 4.34. The topological polar surface area (TPSA) is 56.7 Å². The number of benzene rings is 1. The maximum Gasteiger partial charge on any atom is 0.201 e. The third-order valence-electron chi connectivity index (χ3n) is 3.02. The Bertz CT molecular complexity index is 731. The molecule has 0 fully saturated rings. The average molecular weight is 293 g/mol. The van der Waals surface area contributed by atoms with Crippen LogP contribution in [0.4, 0.5) is 5.95 Å². The van der Waals surface area contributed by atoms with Gasteiger partial charge in [0.1, 0.15) is 5.52 Å². The first kappa shape index (κ1) is 12.4. The summed E-state index contributed by atoms with van der Waals surface area (Å²) in [7, 11) is 0. The van der Waals surface area contributed by atoms with Crippen molar-refractivity contribution in [3.05, 3.63) is 39.3 Å². The molecule has 0 aliphatic heterocycles. The predicted molar refractivity (Wildman–Crippen MR) is 79.7 cm³/mol. The lowest BCUT2D eigenvalue weighted by atomic mass is 10.3. The maximum atomic E-state index is 6.12. The molecule has 0 aliphatic rings. The van der Waals surface area contributed by atoms with Crippen LogP contribution in [0, 0.1) is 6.92 Å². The molecule has 19 heavy (non-hydrogen) atoms. The number of nitrogens with two attached hydrogens (primary N) is 1. The Morgan fingerprint density at radius 2 is 2.21 bits per heavy atom. The lowest BCUT2D eigenvalue weighted by Crippen LogP contribution is -2.05. The molecule has 2 aromatic heterocycles. The Morgan fingerprint density at radius 1 is 1.37 bits per heavy atom. The van der Waals surface area contributed by atoms with Crippen LogP contribution in [0.1, 0.15) is 10.7 Å². The fourth-order valence-corrected chi connectivity index (χ4v) is 2.97. The summed E-state index contributed by atoms with van der Waals surface area (Å²) in [6, 6.07) is 5.72. The lowest BCUT2D eigenvalue weighted by molar-refractivity contribution is 0.715. The number of rotatable bonds is 3. The van der Waals surface area contributed by atoms with Crippen LogP contribution in [0.25, 0.3) is 11.0 Å². The molecule has 0 unspecified atom stereocenters. The minimum atomic E-state index is 0.495. The first-order valence-electron chi connectivity index (χ1n) is 5.96. The normalized spacial score (nSPS) is 11.3. The molecule has 0 bridgehead atoms. The minimum absolute atomic E-state index is 0.495. The molecule has 3 aromatic rings. The standard InChI is InChI=1S/C13H13ClN4S/c1-8-16-9(7-19-8)5-6-18-11-4-2-3-10(14)12(11)17-13(18)15/h2-4,7H,5-6H2,1H3,(H2,15,17). The molecule has 4 nitrogen and oxygen atoms in total. The Balaban J connectivity index is 1.92. The molecule has 98 valence electrons. The third-order valence-corrected chi connectivity index (χ3v) is 4.14. The van der Waals surface area contributed by atoms with E-state index in [-0.39, 0.29) is 0 Å². The SMILES string of the molecule is Cc1nc(CCn2c(N)nc3c(Cl)cccc32)cs1. The van der Waals surface area contributed by atoms with Gasteiger partial charge in [-0.15, -0.1) is 11.3 Å². The maximum absolute atomic E-state index is 6.12. The summed E-state index contributed by atoms with van der Waals surface area (Å²) in [5.41, 5.74) is 8.79. The summed E-state index contributed by atoms with van der Waals surface area (Å²) in [5.74, 6) is 0.495. The molecule has 0 spiro atoms. The number of aromatic nitrogens is 3. The Morgan fingerprint density at radius 3 is 2.95 bits per heavy atom. The summed E-state index contributed by atoms with van der Waals surface area (Å²) in [6.07, 6.45) is 0.840. The molecular weight excluding hydrogens is 280 g/mol. The van der Waals surface area contributed by atoms with E-state index in [1.54, 1.807) is 11.3 Å². The van der Waals surface area contributed by atoms with Crippen LogP contribution in [0.2, 0.25) is 5.02 Å². The summed E-state index contributed by atoms with van der Waals surface area (Å²) in [6.45, 7) is 2.76. The van der Waals surface area contributed by atoms with Gasteiger partial charge < -0.3 is 10.3 Å². The Kier molecular flexibility index (Phi) is 3.16. The molecular formula is C13H13ClN4S. The quantitative estimate of drug-likeness (QED) is 0.806. The van der Waals surface area contributed by atoms with Gasteiger partial charge >= 0.3 is 0 Å². The number of hydrogen-bond donors (Lipinski definition) is 1. The van der Waals surface area contributed by atoms with Gasteiger partial charge in [0, 0.05) is 18.3 Å². The van der Waals surface area contributed by atoms with Crippen LogP contribution in [0.3, 0.4) is 0 Å². The molecule has 0 amide bonds. The van der Waals surface area contributed by atoms with Crippen molar-refractivity contribution in [3.63, 3.8) is 0 Å². The number of anilines is 1. The highest BCUT2D eigenvalue weighted by Gasteiger charge is 2.10. The summed E-state index contributed by atoms with van der Waals surface area (Å²) < 4.78 is 1.98. The number of nitrogen functional groups attached to an aromatic ring is 1. The highest BCUT2D eigenvalue weighted by Crippen LogP contribution is 2.25. The average Bonchev–Trinajstić information content (AvgIpc) is 2.92. The van der Waals surface area contributed by atoms with E-state index in [1.807, 2.05) is 29.7 Å². The van der Waals surface area contributed by atoms with E-state index < -0.39 is 0 Å². The zero-order valence-corrected chi connectivity index (χ0v) is 12.0. The zero-order chi connectivity index (χ0) is 13.4. The van der Waals surface area contributed by atoms with Gasteiger partial charge in [0.05, 0.1) is 21.2 Å². The van der Waals surface area contributed by atoms with E-state index in [1.165, 1.54) is 0 Å². The van der Waals surface area contributed by atoms with Crippen molar-refractivity contribution in [2.75, 3.05) is 5.73 Å². The second kappa shape index (κ2) is 4.83. The first-order chi connectivity index (χ1) is 9.15. The van der Waals surface area contributed by atoms with Gasteiger partial charge in [0.25, 0.3) is 0 Å². The highest BCUT2D eigenvalue weighted by atomic mass is 35.5. The molecule has 2 heterocycles. The van der Waals surface area contributed by atoms with Gasteiger partial charge in [-0.05, 0) is 19.1 Å². The third kappa shape index (κ3) is 2.31. The highest BCUT2D eigenvalue weighted by molar-refractivity contribution is 7.09. The number of aryl methyl sites for hydroxylation is 3. The molecule has 0 aliphatic carbocycles. The summed E-state index contributed by atoms with van der Waals surface area (Å²) in [5, 5.41) is 3.80. The van der Waals surface area contributed by atoms with Crippen LogP contribution in [0.15, 0.2) is 23.6 Å². The molecule has 0 atom stereocenters. The Labute approximate surface area is 119 Å². The molecule has 2 N–H and O–H groups in total. The van der Waals surface area contributed by atoms with E-state index >= 15 is 0 Å². The van der Waals surface area contributed by atoms with E-state index in [2.05, 4.69) is 15.3 Å². The van der Waals surface area contributed by atoms with Crippen LogP contribution >= 0.6 is 22.9 Å². The second-order valence-corrected chi connectivity index (χ2v) is 5.81. The number of imidazole rings is 1. The predicted octanol–water partition coefficient (Wildman–Crippen LogP) is 3.28. The number of para-hydroxylation sites is 1. The minimum Gasteiger partial charge on any atom is -0.369 e. The van der Waals surface area contributed by atoms with E-state index in [0.717, 1.165) is 34.7 Å². The number of nitrogens with zero attached hydrogens (tertiary/aromatic N) is 3. The largest absolute Gasteiger partial charge is 0.369 e. The molecule has 1 aromatic carbocycles. The molecule has 3 rings (SSSR count). The van der Waals surface area contributed by atoms with Gasteiger partial charge in [0.2, 0.25) is 5.95 Å². The van der Waals surface area contributed by atoms with Crippen molar-refractivity contribution < 1.29 is 0 Å². The van der Waals surface area contributed by atoms with Gasteiger partial charge in [-0.1, -0.05) is 17.7 Å². The smallest absolute Gasteiger partial charge is 0.201 e. The van der Waals surface area contributed by atoms with Crippen LogP contribution in [-0.2, 0) is 13.0 Å². The van der Waals surface area contributed by atoms with Crippen molar-refractivity contribution in [1.29, 1.82) is 0 Å². The molecule has 0 saturated heterocycles. The van der Waals surface area contributed by atoms with Gasteiger partial charge in [-0.25, -0.2) is 9.97 Å². The zero-order valence-electron chi connectivity index (χ0n) is 10.4. The monoisotopic (exact) mass is 292 g/mol. The van der Waals surface area contributed by atoms with Crippen molar-refractivity contribution in [2.24, 2.45) is 0 Å². The van der Waals surface area contributed by atoms with Crippen molar-refractivity contribution >= 4 is 39.9 Å². The number of thiazole rings is 1. The van der Waals surface area contributed by atoms with E-state index in [0.29, 0.717) is 11.0 Å². The van der Waals surface area contributed by atoms with Gasteiger partial charge in [-0.2, -0.15) is 0 Å². The number of halogens is 1. The number of fused-ring (bicyclic) bond motifs is 1. The fourth-order valence-electron chi connectivity index (χ4n) is 2.12. The molecule has 0 radical (unpaired) electrons. The summed E-state index contributed by atoms with van der Waals surface area (Å²) >= 11 is 7.78. The Hall–Kier alpha value is -1.59. The van der Waals surface area contributed by atoms with Crippen molar-refractivity contribution in [3.8, 4) is 0 Å².